The van der Waals surface area contributed by atoms with Crippen LogP contribution in [0.25, 0.3) is 22.0 Å². The normalized spacial score (nSPS) is 17.7. The second-order valence-electron chi connectivity index (χ2n) is 7.34. The molecule has 1 aliphatic heterocycles. The Balaban J connectivity index is 1.77. The predicted octanol–water partition coefficient (Wildman–Crippen LogP) is 4.42. The number of nitrogens with one attached hydrogen (secondary N) is 2. The number of fused-ring (bicyclic) bond motifs is 2. The number of ether oxygens (including phenoxy) is 3. The number of rotatable bonds is 6. The molecule has 7 heteroatoms. The summed E-state index contributed by atoms with van der Waals surface area (Å²) in [7, 11) is 0. The summed E-state index contributed by atoms with van der Waals surface area (Å²) in [5.74, 6) is -2.37. The molecule has 0 amide bonds. The fourth-order valence-electron chi connectivity index (χ4n) is 4.02. The zero-order valence-corrected chi connectivity index (χ0v) is 17.4. The third kappa shape index (κ3) is 4.03. The number of hydrogen-bond acceptors (Lipinski definition) is 6. The van der Waals surface area contributed by atoms with Crippen LogP contribution >= 0.6 is 0 Å². The van der Waals surface area contributed by atoms with Gasteiger partial charge in [-0.1, -0.05) is 12.1 Å². The SMILES string of the molecule is CCOC(=O)CC1c2cc(-c3ccc4[nH]ccc4c3)ccc2OC(=N)C1C(=O)OCC. The van der Waals surface area contributed by atoms with Crippen molar-refractivity contribution in [3.8, 4) is 16.9 Å². The largest absolute Gasteiger partial charge is 0.466 e. The van der Waals surface area contributed by atoms with Gasteiger partial charge in [-0.15, -0.1) is 0 Å². The van der Waals surface area contributed by atoms with Gasteiger partial charge in [0.15, 0.2) is 0 Å². The number of esters is 2. The average Bonchev–Trinajstić information content (AvgIpc) is 3.21. The van der Waals surface area contributed by atoms with Gasteiger partial charge in [-0.25, -0.2) is 0 Å². The maximum Gasteiger partial charge on any atom is 0.319 e. The molecule has 1 aromatic heterocycles. The van der Waals surface area contributed by atoms with Crippen LogP contribution in [-0.2, 0) is 19.1 Å². The molecule has 2 aromatic carbocycles. The van der Waals surface area contributed by atoms with Crippen LogP contribution < -0.4 is 4.74 Å². The van der Waals surface area contributed by atoms with Crippen molar-refractivity contribution in [3.63, 3.8) is 0 Å². The third-order valence-electron chi connectivity index (χ3n) is 5.43. The zero-order chi connectivity index (χ0) is 22.0. The molecule has 160 valence electrons. The summed E-state index contributed by atoms with van der Waals surface area (Å²) in [6, 6.07) is 13.7. The van der Waals surface area contributed by atoms with E-state index in [-0.39, 0.29) is 25.5 Å². The smallest absolute Gasteiger partial charge is 0.319 e. The van der Waals surface area contributed by atoms with E-state index in [0.717, 1.165) is 22.0 Å². The van der Waals surface area contributed by atoms with E-state index >= 15 is 0 Å². The minimum atomic E-state index is -1.00. The molecule has 0 radical (unpaired) electrons. The summed E-state index contributed by atoms with van der Waals surface area (Å²) >= 11 is 0. The van der Waals surface area contributed by atoms with E-state index in [1.54, 1.807) is 19.9 Å². The van der Waals surface area contributed by atoms with Gasteiger partial charge < -0.3 is 19.2 Å². The molecule has 2 atom stereocenters. The number of benzene rings is 2. The molecule has 31 heavy (non-hydrogen) atoms. The van der Waals surface area contributed by atoms with Crippen LogP contribution in [0.3, 0.4) is 0 Å². The first-order valence-electron chi connectivity index (χ1n) is 10.3. The number of hydrogen-bond donors (Lipinski definition) is 2. The highest BCUT2D eigenvalue weighted by Gasteiger charge is 2.42. The Hall–Kier alpha value is -3.61. The van der Waals surface area contributed by atoms with Gasteiger partial charge >= 0.3 is 11.9 Å². The molecule has 0 fully saturated rings. The number of carbonyl (C=O) groups excluding carboxylic acids is 2. The molecule has 1 aliphatic rings. The van der Waals surface area contributed by atoms with E-state index in [1.165, 1.54) is 0 Å². The molecule has 0 bridgehead atoms. The summed E-state index contributed by atoms with van der Waals surface area (Å²) in [5.41, 5.74) is 3.66. The van der Waals surface area contributed by atoms with Crippen molar-refractivity contribution in [2.45, 2.75) is 26.2 Å². The molecule has 4 rings (SSSR count). The quantitative estimate of drug-likeness (QED) is 0.575. The summed E-state index contributed by atoms with van der Waals surface area (Å²) in [6.07, 6.45) is 1.84. The summed E-state index contributed by atoms with van der Waals surface area (Å²) in [4.78, 5) is 28.2. The topological polar surface area (TPSA) is 101 Å². The standard InChI is InChI=1S/C24H24N2O5/c1-3-29-21(27)13-18-17-12-15(14-5-7-19-16(11-14)9-10-26-19)6-8-20(17)31-23(25)22(18)24(28)30-4-2/h5-12,18,22,25-26H,3-4,13H2,1-2H3. The summed E-state index contributed by atoms with van der Waals surface area (Å²) in [5, 5.41) is 9.36. The van der Waals surface area contributed by atoms with E-state index in [2.05, 4.69) is 11.1 Å². The first-order chi connectivity index (χ1) is 15.0. The zero-order valence-electron chi connectivity index (χ0n) is 17.4. The van der Waals surface area contributed by atoms with Gasteiger partial charge in [-0.05, 0) is 60.7 Å². The Bertz CT molecular complexity index is 1150. The van der Waals surface area contributed by atoms with Crippen molar-refractivity contribution in [1.29, 1.82) is 5.41 Å². The molecule has 0 spiro atoms. The monoisotopic (exact) mass is 420 g/mol. The summed E-state index contributed by atoms with van der Waals surface area (Å²) < 4.78 is 16.0. The van der Waals surface area contributed by atoms with Gasteiger partial charge in [0.05, 0.1) is 19.6 Å². The lowest BCUT2D eigenvalue weighted by molar-refractivity contribution is -0.148. The maximum absolute atomic E-state index is 12.6. The fraction of sp³-hybridized carbons (Fsp3) is 0.292. The van der Waals surface area contributed by atoms with Crippen molar-refractivity contribution in [2.75, 3.05) is 13.2 Å². The van der Waals surface area contributed by atoms with Crippen LogP contribution in [0, 0.1) is 11.3 Å². The Kier molecular flexibility index (Phi) is 5.75. The van der Waals surface area contributed by atoms with Crippen molar-refractivity contribution >= 4 is 28.7 Å². The van der Waals surface area contributed by atoms with Gasteiger partial charge in [0.1, 0.15) is 11.7 Å². The molecular weight excluding hydrogens is 396 g/mol. The second-order valence-corrected chi connectivity index (χ2v) is 7.34. The highest BCUT2D eigenvalue weighted by molar-refractivity contribution is 6.00. The van der Waals surface area contributed by atoms with E-state index in [1.807, 2.05) is 36.5 Å². The Labute approximate surface area is 179 Å². The lowest BCUT2D eigenvalue weighted by atomic mass is 9.80. The van der Waals surface area contributed by atoms with Crippen molar-refractivity contribution in [2.24, 2.45) is 5.92 Å². The minimum Gasteiger partial charge on any atom is -0.466 e. The van der Waals surface area contributed by atoms with Crippen LogP contribution in [-0.4, -0.2) is 36.0 Å². The second kappa shape index (κ2) is 8.63. The van der Waals surface area contributed by atoms with E-state index < -0.39 is 23.8 Å². The molecule has 7 nitrogen and oxygen atoms in total. The molecule has 2 N–H and O–H groups in total. The van der Waals surface area contributed by atoms with Gasteiger partial charge in [0.2, 0.25) is 5.90 Å². The molecule has 2 heterocycles. The Morgan fingerprint density at radius 3 is 2.55 bits per heavy atom. The van der Waals surface area contributed by atoms with Crippen molar-refractivity contribution in [3.05, 3.63) is 54.2 Å². The van der Waals surface area contributed by atoms with Crippen LogP contribution in [0.15, 0.2) is 48.7 Å². The highest BCUT2D eigenvalue weighted by Crippen LogP contribution is 2.43. The van der Waals surface area contributed by atoms with Crippen molar-refractivity contribution < 1.29 is 23.8 Å². The molecule has 0 saturated heterocycles. The molecule has 0 saturated carbocycles. The van der Waals surface area contributed by atoms with Crippen molar-refractivity contribution in [1.82, 2.24) is 4.98 Å². The van der Waals surface area contributed by atoms with Gasteiger partial charge in [0.25, 0.3) is 0 Å². The number of carbonyl (C=O) groups is 2. The third-order valence-corrected chi connectivity index (χ3v) is 5.43. The predicted molar refractivity (Wildman–Crippen MR) is 116 cm³/mol. The summed E-state index contributed by atoms with van der Waals surface area (Å²) in [6.45, 7) is 3.86. The first kappa shape index (κ1) is 20.7. The highest BCUT2D eigenvalue weighted by atomic mass is 16.5. The number of aromatic nitrogens is 1. The van der Waals surface area contributed by atoms with Gasteiger partial charge in [0, 0.05) is 23.2 Å². The van der Waals surface area contributed by atoms with Gasteiger partial charge in [-0.3, -0.25) is 15.0 Å². The lowest BCUT2D eigenvalue weighted by Crippen LogP contribution is -2.39. The first-order valence-corrected chi connectivity index (χ1v) is 10.3. The molecule has 0 aliphatic carbocycles. The lowest BCUT2D eigenvalue weighted by Gasteiger charge is -2.32. The molecule has 3 aromatic rings. The number of H-pyrrole nitrogens is 1. The molecule has 2 unspecified atom stereocenters. The molecular formula is C24H24N2O5. The van der Waals surface area contributed by atoms with Crippen LogP contribution in [0.4, 0.5) is 0 Å². The van der Waals surface area contributed by atoms with Crippen LogP contribution in [0.5, 0.6) is 5.75 Å². The fourth-order valence-corrected chi connectivity index (χ4v) is 4.02. The van der Waals surface area contributed by atoms with Gasteiger partial charge in [-0.2, -0.15) is 0 Å². The average molecular weight is 420 g/mol. The van der Waals surface area contributed by atoms with Crippen LogP contribution in [0.1, 0.15) is 31.7 Å². The number of aromatic amines is 1. The Morgan fingerprint density at radius 2 is 1.77 bits per heavy atom. The van der Waals surface area contributed by atoms with Crippen LogP contribution in [0.2, 0.25) is 0 Å². The Morgan fingerprint density at radius 1 is 1.03 bits per heavy atom. The van der Waals surface area contributed by atoms with E-state index in [0.29, 0.717) is 11.3 Å². The van der Waals surface area contributed by atoms with E-state index in [4.69, 9.17) is 19.6 Å². The minimum absolute atomic E-state index is 0.0453. The van der Waals surface area contributed by atoms with E-state index in [9.17, 15) is 9.59 Å². The maximum atomic E-state index is 12.6.